The third-order valence-electron chi connectivity index (χ3n) is 2.96. The maximum atomic E-state index is 12.2. The molecule has 122 valence electrons. The van der Waals surface area contributed by atoms with Crippen LogP contribution in [0, 0.1) is 0 Å². The molecule has 1 amide bonds. The number of primary amides is 1. The Balaban J connectivity index is 2.13. The van der Waals surface area contributed by atoms with E-state index in [9.17, 15) is 18.0 Å². The molecule has 0 aliphatic carbocycles. The summed E-state index contributed by atoms with van der Waals surface area (Å²) in [5.41, 5.74) is 6.47. The zero-order valence-corrected chi connectivity index (χ0v) is 12.0. The Morgan fingerprint density at radius 2 is 1.83 bits per heavy atom. The third kappa shape index (κ3) is 5.21. The highest BCUT2D eigenvalue weighted by atomic mass is 19.4. The number of hydrogen-bond acceptors (Lipinski definition) is 3. The number of rotatable bonds is 6. The van der Waals surface area contributed by atoms with Crippen molar-refractivity contribution >= 4 is 11.6 Å². The molecule has 2 aromatic rings. The molecule has 0 fully saturated rings. The molecular weight excluding hydrogens is 309 g/mol. The van der Waals surface area contributed by atoms with Crippen LogP contribution in [0.5, 0.6) is 5.75 Å². The molecule has 2 rings (SSSR count). The van der Waals surface area contributed by atoms with Crippen molar-refractivity contribution in [2.45, 2.75) is 12.2 Å². The van der Waals surface area contributed by atoms with Crippen molar-refractivity contribution in [3.05, 3.63) is 60.2 Å². The van der Waals surface area contributed by atoms with Gasteiger partial charge in [-0.15, -0.1) is 0 Å². The van der Waals surface area contributed by atoms with E-state index < -0.39 is 24.7 Å². The summed E-state index contributed by atoms with van der Waals surface area (Å²) in [6, 6.07) is 13.9. The highest BCUT2D eigenvalue weighted by molar-refractivity contribution is 5.84. The second kappa shape index (κ2) is 7.04. The number of hydrogen-bond donors (Lipinski definition) is 2. The normalized spacial score (nSPS) is 12.5. The Bertz CT molecular complexity index is 660. The summed E-state index contributed by atoms with van der Waals surface area (Å²) in [6.45, 7) is -1.38. The summed E-state index contributed by atoms with van der Waals surface area (Å²) in [6.07, 6.45) is -4.41. The third-order valence-corrected chi connectivity index (χ3v) is 2.96. The van der Waals surface area contributed by atoms with Gasteiger partial charge in [0.05, 0.1) is 0 Å². The Morgan fingerprint density at radius 3 is 2.43 bits per heavy atom. The molecule has 0 unspecified atom stereocenters. The molecule has 0 bridgehead atoms. The van der Waals surface area contributed by atoms with Crippen LogP contribution in [-0.2, 0) is 4.79 Å². The Kier molecular flexibility index (Phi) is 5.10. The predicted octanol–water partition coefficient (Wildman–Crippen LogP) is 3.27. The summed E-state index contributed by atoms with van der Waals surface area (Å²) < 4.78 is 41.2. The molecule has 0 aliphatic heterocycles. The van der Waals surface area contributed by atoms with Gasteiger partial charge in [-0.2, -0.15) is 13.2 Å². The highest BCUT2D eigenvalue weighted by Gasteiger charge is 2.28. The van der Waals surface area contributed by atoms with Crippen LogP contribution in [0.4, 0.5) is 18.9 Å². The summed E-state index contributed by atoms with van der Waals surface area (Å²) in [7, 11) is 0. The van der Waals surface area contributed by atoms with Crippen LogP contribution >= 0.6 is 0 Å². The fraction of sp³-hybridized carbons (Fsp3) is 0.188. The van der Waals surface area contributed by atoms with Gasteiger partial charge in [-0.25, -0.2) is 0 Å². The summed E-state index contributed by atoms with van der Waals surface area (Å²) in [5.74, 6) is -0.554. The smallest absolute Gasteiger partial charge is 0.422 e. The van der Waals surface area contributed by atoms with E-state index in [0.29, 0.717) is 11.3 Å². The maximum Gasteiger partial charge on any atom is 0.422 e. The van der Waals surface area contributed by atoms with Crippen LogP contribution < -0.4 is 15.8 Å². The number of ether oxygens (including phenoxy) is 1. The second-order valence-corrected chi connectivity index (χ2v) is 4.82. The molecular formula is C16H15F3N2O2. The number of alkyl halides is 3. The molecule has 23 heavy (non-hydrogen) atoms. The van der Waals surface area contributed by atoms with Crippen molar-refractivity contribution in [1.82, 2.24) is 0 Å². The SMILES string of the molecule is NC(=O)[C@H](Nc1cccc(OCC(F)(F)F)c1)c1ccccc1. The van der Waals surface area contributed by atoms with Crippen molar-refractivity contribution in [1.29, 1.82) is 0 Å². The first kappa shape index (κ1) is 16.7. The lowest BCUT2D eigenvalue weighted by Gasteiger charge is -2.18. The molecule has 0 saturated heterocycles. The number of carbonyl (C=O) groups excluding carboxylic acids is 1. The van der Waals surface area contributed by atoms with E-state index >= 15 is 0 Å². The molecule has 0 heterocycles. The summed E-state index contributed by atoms with van der Waals surface area (Å²) in [4.78, 5) is 11.6. The number of nitrogens with one attached hydrogen (secondary N) is 1. The van der Waals surface area contributed by atoms with E-state index in [1.165, 1.54) is 18.2 Å². The van der Waals surface area contributed by atoms with Crippen molar-refractivity contribution in [2.24, 2.45) is 5.73 Å². The van der Waals surface area contributed by atoms with E-state index in [4.69, 9.17) is 5.73 Å². The first-order chi connectivity index (χ1) is 10.8. The minimum Gasteiger partial charge on any atom is -0.484 e. The van der Waals surface area contributed by atoms with Crippen molar-refractivity contribution in [3.63, 3.8) is 0 Å². The van der Waals surface area contributed by atoms with Crippen LogP contribution in [0.2, 0.25) is 0 Å². The zero-order valence-electron chi connectivity index (χ0n) is 12.0. The topological polar surface area (TPSA) is 64.4 Å². The van der Waals surface area contributed by atoms with Gasteiger partial charge in [0, 0.05) is 11.8 Å². The first-order valence-electron chi connectivity index (χ1n) is 6.75. The molecule has 0 aliphatic rings. The van der Waals surface area contributed by atoms with E-state index in [0.717, 1.165) is 0 Å². The average Bonchev–Trinajstić information content (AvgIpc) is 2.51. The van der Waals surface area contributed by atoms with Crippen LogP contribution in [0.15, 0.2) is 54.6 Å². The fourth-order valence-corrected chi connectivity index (χ4v) is 1.97. The Morgan fingerprint density at radius 1 is 1.13 bits per heavy atom. The fourth-order valence-electron chi connectivity index (χ4n) is 1.97. The molecule has 0 aromatic heterocycles. The Labute approximate surface area is 131 Å². The van der Waals surface area contributed by atoms with Gasteiger partial charge >= 0.3 is 6.18 Å². The van der Waals surface area contributed by atoms with Crippen molar-refractivity contribution in [3.8, 4) is 5.75 Å². The molecule has 2 aromatic carbocycles. The molecule has 0 saturated carbocycles. The lowest BCUT2D eigenvalue weighted by molar-refractivity contribution is -0.153. The van der Waals surface area contributed by atoms with Gasteiger partial charge in [-0.1, -0.05) is 36.4 Å². The van der Waals surface area contributed by atoms with Crippen molar-refractivity contribution < 1.29 is 22.7 Å². The first-order valence-corrected chi connectivity index (χ1v) is 6.75. The average molecular weight is 324 g/mol. The molecule has 3 N–H and O–H groups in total. The van der Waals surface area contributed by atoms with E-state index in [1.54, 1.807) is 36.4 Å². The molecule has 0 spiro atoms. The zero-order chi connectivity index (χ0) is 16.9. The quantitative estimate of drug-likeness (QED) is 0.857. The van der Waals surface area contributed by atoms with Gasteiger partial charge in [0.2, 0.25) is 5.91 Å². The number of benzene rings is 2. The minimum absolute atomic E-state index is 0.0450. The van der Waals surface area contributed by atoms with Crippen LogP contribution in [0.1, 0.15) is 11.6 Å². The van der Waals surface area contributed by atoms with Gasteiger partial charge in [0.15, 0.2) is 6.61 Å². The van der Waals surface area contributed by atoms with Crippen LogP contribution in [0.25, 0.3) is 0 Å². The summed E-state index contributed by atoms with van der Waals surface area (Å²) in [5, 5.41) is 2.90. The number of amides is 1. The van der Waals surface area contributed by atoms with Gasteiger partial charge in [-0.3, -0.25) is 4.79 Å². The molecule has 4 nitrogen and oxygen atoms in total. The highest BCUT2D eigenvalue weighted by Crippen LogP contribution is 2.24. The molecule has 7 heteroatoms. The minimum atomic E-state index is -4.41. The number of halogens is 3. The second-order valence-electron chi connectivity index (χ2n) is 4.82. The van der Waals surface area contributed by atoms with Crippen LogP contribution in [-0.4, -0.2) is 18.7 Å². The Hall–Kier alpha value is -2.70. The number of carbonyl (C=O) groups is 1. The standard InChI is InChI=1S/C16H15F3N2O2/c17-16(18,19)10-23-13-8-4-7-12(9-13)21-14(15(20)22)11-5-2-1-3-6-11/h1-9,14,21H,10H2,(H2,20,22)/t14-/m1/s1. The van der Waals surface area contributed by atoms with Crippen LogP contribution in [0.3, 0.4) is 0 Å². The van der Waals surface area contributed by atoms with Gasteiger partial charge < -0.3 is 15.8 Å². The van der Waals surface area contributed by atoms with E-state index in [1.807, 2.05) is 0 Å². The van der Waals surface area contributed by atoms with Gasteiger partial charge in [0.1, 0.15) is 11.8 Å². The predicted molar refractivity (Wildman–Crippen MR) is 80.0 cm³/mol. The van der Waals surface area contributed by atoms with E-state index in [-0.39, 0.29) is 5.75 Å². The maximum absolute atomic E-state index is 12.2. The van der Waals surface area contributed by atoms with E-state index in [2.05, 4.69) is 10.1 Å². The monoisotopic (exact) mass is 324 g/mol. The van der Waals surface area contributed by atoms with Gasteiger partial charge in [0.25, 0.3) is 0 Å². The molecule has 0 radical (unpaired) electrons. The van der Waals surface area contributed by atoms with Crippen molar-refractivity contribution in [2.75, 3.05) is 11.9 Å². The number of anilines is 1. The van der Waals surface area contributed by atoms with Gasteiger partial charge in [-0.05, 0) is 17.7 Å². The number of nitrogens with two attached hydrogens (primary N) is 1. The largest absolute Gasteiger partial charge is 0.484 e. The summed E-state index contributed by atoms with van der Waals surface area (Å²) >= 11 is 0. The lowest BCUT2D eigenvalue weighted by atomic mass is 10.1. The lowest BCUT2D eigenvalue weighted by Crippen LogP contribution is -2.27. The molecule has 1 atom stereocenters.